The van der Waals surface area contributed by atoms with Crippen molar-refractivity contribution in [2.45, 2.75) is 62.8 Å². The summed E-state index contributed by atoms with van der Waals surface area (Å²) in [6.45, 7) is 7.91. The average molecular weight is 790 g/mol. The van der Waals surface area contributed by atoms with Crippen molar-refractivity contribution in [2.75, 3.05) is 81.1 Å². The van der Waals surface area contributed by atoms with E-state index in [-0.39, 0.29) is 29.6 Å². The first kappa shape index (κ1) is 37.8. The molecule has 3 atom stereocenters. The number of likely N-dealkylation sites (N-methyl/N-ethyl adjacent to an activating group) is 1. The topological polar surface area (TPSA) is 186 Å². The van der Waals surface area contributed by atoms with Gasteiger partial charge in [0, 0.05) is 70.4 Å². The van der Waals surface area contributed by atoms with Crippen molar-refractivity contribution in [3.8, 4) is 0 Å². The van der Waals surface area contributed by atoms with Crippen molar-refractivity contribution in [2.24, 2.45) is 11.7 Å². The Morgan fingerprint density at radius 1 is 0.931 bits per heavy atom. The SMILES string of the molecule is CN1CCN([C@@H]2CCCN(c3cnc(C(N)=O)c(Nc4ccc(C5CCN(CC6CCN(c7cccc8c(C9CCC(=O)NC9=O)noc78)C6)CC5)cc4)n3)C2)C1=O. The predicted octanol–water partition coefficient (Wildman–Crippen LogP) is 4.02. The molecule has 4 N–H and O–H groups in total. The van der Waals surface area contributed by atoms with Crippen LogP contribution in [0.25, 0.3) is 11.0 Å². The van der Waals surface area contributed by atoms with Gasteiger partial charge in [0.25, 0.3) is 5.91 Å². The summed E-state index contributed by atoms with van der Waals surface area (Å²) in [4.78, 5) is 69.4. The molecule has 0 spiro atoms. The number of para-hydroxylation sites is 1. The number of hydrogen-bond donors (Lipinski definition) is 3. The van der Waals surface area contributed by atoms with Crippen LogP contribution in [0.15, 0.2) is 53.2 Å². The standard InChI is InChI=1S/C42H51N11O5/c1-49-20-21-53(42(49)57)30-4-3-16-52(25-30)34-22-44-37(39(43)55)40(46-34)45-29-9-7-27(8-10-29)28-14-17-50(18-15-28)23-26-13-19-51(24-26)33-6-2-5-31-36(48-58-38(31)33)32-11-12-35(54)47-41(32)56/h2,5-10,22,26,28,30,32H,3-4,11-21,23-25H2,1H3,(H2,43,55)(H,45,46)(H,47,54,56)/t26?,30-,32?/m1/s1. The second kappa shape index (κ2) is 15.9. The number of nitrogens with one attached hydrogen (secondary N) is 2. The monoisotopic (exact) mass is 789 g/mol. The lowest BCUT2D eigenvalue weighted by molar-refractivity contribution is -0.134. The molecule has 16 nitrogen and oxygen atoms in total. The fourth-order valence-electron chi connectivity index (χ4n) is 9.63. The molecule has 304 valence electrons. The summed E-state index contributed by atoms with van der Waals surface area (Å²) in [6, 6.07) is 14.6. The summed E-state index contributed by atoms with van der Waals surface area (Å²) in [5, 5.41) is 10.9. The van der Waals surface area contributed by atoms with Gasteiger partial charge in [-0.25, -0.2) is 14.8 Å². The first-order valence-corrected chi connectivity index (χ1v) is 20.7. The molecule has 2 unspecified atom stereocenters. The van der Waals surface area contributed by atoms with E-state index in [1.54, 1.807) is 11.1 Å². The summed E-state index contributed by atoms with van der Waals surface area (Å²) in [5.74, 6) is 0.299. The maximum Gasteiger partial charge on any atom is 0.320 e. The molecule has 0 bridgehead atoms. The average Bonchev–Trinajstić information content (AvgIpc) is 3.97. The number of carbonyl (C=O) groups is 4. The number of anilines is 4. The highest BCUT2D eigenvalue weighted by molar-refractivity contribution is 6.03. The molecule has 0 saturated carbocycles. The molecule has 5 saturated heterocycles. The Morgan fingerprint density at radius 2 is 1.76 bits per heavy atom. The number of aromatic nitrogens is 3. The zero-order valence-electron chi connectivity index (χ0n) is 32.9. The van der Waals surface area contributed by atoms with E-state index < -0.39 is 11.8 Å². The summed E-state index contributed by atoms with van der Waals surface area (Å²) >= 11 is 0. The van der Waals surface area contributed by atoms with E-state index in [0.29, 0.717) is 54.1 Å². The molecule has 5 aliphatic heterocycles. The number of urea groups is 1. The minimum Gasteiger partial charge on any atom is -0.368 e. The number of amides is 5. The molecule has 5 amide bonds. The molecule has 0 radical (unpaired) electrons. The van der Waals surface area contributed by atoms with Crippen molar-refractivity contribution in [3.63, 3.8) is 0 Å². The minimum atomic E-state index is -0.648. The van der Waals surface area contributed by atoms with Crippen molar-refractivity contribution in [1.82, 2.24) is 35.1 Å². The Kier molecular flexibility index (Phi) is 10.3. The number of piperidine rings is 3. The molecule has 9 rings (SSSR count). The second-order valence-corrected chi connectivity index (χ2v) is 16.6. The Labute approximate surface area is 337 Å². The smallest absolute Gasteiger partial charge is 0.320 e. The summed E-state index contributed by atoms with van der Waals surface area (Å²) < 4.78 is 5.85. The van der Waals surface area contributed by atoms with Gasteiger partial charge in [-0.2, -0.15) is 0 Å². The largest absolute Gasteiger partial charge is 0.368 e. The third-order valence-electron chi connectivity index (χ3n) is 12.9. The van der Waals surface area contributed by atoms with E-state index in [2.05, 4.69) is 53.7 Å². The zero-order chi connectivity index (χ0) is 39.9. The Bertz CT molecular complexity index is 2200. The number of likely N-dealkylation sites (tertiary alicyclic amines) is 1. The van der Waals surface area contributed by atoms with Crippen molar-refractivity contribution >= 4 is 57.7 Å². The van der Waals surface area contributed by atoms with Crippen molar-refractivity contribution in [3.05, 3.63) is 65.6 Å². The highest BCUT2D eigenvalue weighted by Gasteiger charge is 2.36. The molecular weight excluding hydrogens is 739 g/mol. The number of carbonyl (C=O) groups excluding carboxylic acids is 4. The lowest BCUT2D eigenvalue weighted by atomic mass is 9.89. The van der Waals surface area contributed by atoms with Gasteiger partial charge >= 0.3 is 6.03 Å². The van der Waals surface area contributed by atoms with Crippen LogP contribution in [0.5, 0.6) is 0 Å². The van der Waals surface area contributed by atoms with Crippen LogP contribution >= 0.6 is 0 Å². The van der Waals surface area contributed by atoms with Crippen LogP contribution in [-0.2, 0) is 9.59 Å². The molecule has 5 fully saturated rings. The maximum atomic E-state index is 12.7. The third kappa shape index (κ3) is 7.52. The quantitative estimate of drug-likeness (QED) is 0.196. The van der Waals surface area contributed by atoms with E-state index in [1.807, 2.05) is 36.2 Å². The number of rotatable bonds is 10. The lowest BCUT2D eigenvalue weighted by Crippen LogP contribution is -2.49. The molecule has 58 heavy (non-hydrogen) atoms. The molecule has 7 heterocycles. The van der Waals surface area contributed by atoms with Gasteiger partial charge in [-0.3, -0.25) is 19.7 Å². The normalized spacial score (nSPS) is 23.6. The molecule has 0 aliphatic carbocycles. The van der Waals surface area contributed by atoms with Gasteiger partial charge in [0.15, 0.2) is 17.1 Å². The lowest BCUT2D eigenvalue weighted by Gasteiger charge is -2.37. The zero-order valence-corrected chi connectivity index (χ0v) is 32.9. The predicted molar refractivity (Wildman–Crippen MR) is 218 cm³/mol. The number of nitrogens with zero attached hydrogens (tertiary/aromatic N) is 8. The van der Waals surface area contributed by atoms with E-state index >= 15 is 0 Å². The molecule has 2 aromatic heterocycles. The van der Waals surface area contributed by atoms with Crippen LogP contribution in [0.3, 0.4) is 0 Å². The fraction of sp³-hybridized carbons (Fsp3) is 0.500. The number of fused-ring (bicyclic) bond motifs is 1. The highest BCUT2D eigenvalue weighted by Crippen LogP contribution is 2.37. The number of imide groups is 1. The molecule has 4 aromatic rings. The Hall–Kier alpha value is -5.77. The third-order valence-corrected chi connectivity index (χ3v) is 12.9. The number of hydrogen-bond acceptors (Lipinski definition) is 12. The second-order valence-electron chi connectivity index (χ2n) is 16.6. The Balaban J connectivity index is 0.785. The minimum absolute atomic E-state index is 0.0692. The Morgan fingerprint density at radius 3 is 2.52 bits per heavy atom. The van der Waals surface area contributed by atoms with E-state index in [4.69, 9.17) is 15.2 Å². The van der Waals surface area contributed by atoms with Gasteiger partial charge < -0.3 is 40.1 Å². The van der Waals surface area contributed by atoms with E-state index in [9.17, 15) is 19.2 Å². The van der Waals surface area contributed by atoms with Gasteiger partial charge in [-0.05, 0) is 93.3 Å². The van der Waals surface area contributed by atoms with Gasteiger partial charge in [0.2, 0.25) is 11.8 Å². The molecule has 16 heteroatoms. The van der Waals surface area contributed by atoms with Gasteiger partial charge in [0.1, 0.15) is 11.5 Å². The van der Waals surface area contributed by atoms with Crippen LogP contribution in [-0.4, -0.2) is 126 Å². The van der Waals surface area contributed by atoms with Crippen LogP contribution in [0.4, 0.5) is 27.8 Å². The first-order valence-electron chi connectivity index (χ1n) is 20.7. The van der Waals surface area contributed by atoms with Crippen LogP contribution in [0, 0.1) is 5.92 Å². The van der Waals surface area contributed by atoms with Crippen molar-refractivity contribution in [1.29, 1.82) is 0 Å². The van der Waals surface area contributed by atoms with Crippen molar-refractivity contribution < 1.29 is 23.7 Å². The maximum absolute atomic E-state index is 12.7. The van der Waals surface area contributed by atoms with Gasteiger partial charge in [-0.15, -0.1) is 0 Å². The number of benzene rings is 2. The number of primary amides is 1. The van der Waals surface area contributed by atoms with Crippen LogP contribution < -0.4 is 26.2 Å². The molecule has 5 aliphatic rings. The van der Waals surface area contributed by atoms with Gasteiger partial charge in [0.05, 0.1) is 23.8 Å². The van der Waals surface area contributed by atoms with Gasteiger partial charge in [-0.1, -0.05) is 23.4 Å². The number of nitrogens with two attached hydrogens (primary N) is 1. The summed E-state index contributed by atoms with van der Waals surface area (Å²) in [6.07, 6.45) is 7.48. The van der Waals surface area contributed by atoms with Crippen LogP contribution in [0.1, 0.15) is 78.5 Å². The van der Waals surface area contributed by atoms with E-state index in [1.165, 1.54) is 5.56 Å². The first-order chi connectivity index (χ1) is 28.2. The highest BCUT2D eigenvalue weighted by atomic mass is 16.5. The van der Waals surface area contributed by atoms with Crippen LogP contribution in [0.2, 0.25) is 0 Å². The fourth-order valence-corrected chi connectivity index (χ4v) is 9.63. The molecule has 2 aromatic carbocycles. The molecular formula is C42H51N11O5. The summed E-state index contributed by atoms with van der Waals surface area (Å²) in [7, 11) is 1.84. The van der Waals surface area contributed by atoms with E-state index in [0.717, 1.165) is 101 Å². The summed E-state index contributed by atoms with van der Waals surface area (Å²) in [5.41, 5.74) is 10.2.